The highest BCUT2D eigenvalue weighted by Crippen LogP contribution is 2.41. The SMILES string of the molecule is Cc1cc(-c2nc(-c3ccc4c(c3)CN([C@H]3C[C@H](C(=O)O)C3)C4)no2)c(F)cc1-c1cccc(F)c1C(F)(F)F. The highest BCUT2D eigenvalue weighted by atomic mass is 19.4. The van der Waals surface area contributed by atoms with Crippen LogP contribution in [0, 0.1) is 24.5 Å². The van der Waals surface area contributed by atoms with Gasteiger partial charge in [-0.2, -0.15) is 18.2 Å². The van der Waals surface area contributed by atoms with Crippen molar-refractivity contribution in [2.75, 3.05) is 0 Å². The van der Waals surface area contributed by atoms with Crippen molar-refractivity contribution in [2.45, 2.75) is 45.1 Å². The number of carboxylic acid groups (broad SMARTS) is 1. The van der Waals surface area contributed by atoms with Crippen molar-refractivity contribution in [1.29, 1.82) is 0 Å². The van der Waals surface area contributed by atoms with E-state index in [9.17, 15) is 22.4 Å². The maximum absolute atomic E-state index is 15.2. The number of carboxylic acids is 1. The van der Waals surface area contributed by atoms with E-state index in [2.05, 4.69) is 15.0 Å². The largest absolute Gasteiger partial charge is 0.481 e. The van der Waals surface area contributed by atoms with E-state index in [1.807, 2.05) is 18.2 Å². The number of aromatic nitrogens is 2. The molecule has 0 amide bonds. The molecule has 40 heavy (non-hydrogen) atoms. The highest BCUT2D eigenvalue weighted by Gasteiger charge is 2.40. The van der Waals surface area contributed by atoms with Gasteiger partial charge in [-0.3, -0.25) is 9.69 Å². The lowest BCUT2D eigenvalue weighted by Crippen LogP contribution is -2.44. The average molecular weight is 556 g/mol. The van der Waals surface area contributed by atoms with Crippen LogP contribution in [0.5, 0.6) is 0 Å². The molecule has 1 fully saturated rings. The Bertz CT molecular complexity index is 1640. The number of hydrogen-bond acceptors (Lipinski definition) is 5. The summed E-state index contributed by atoms with van der Waals surface area (Å²) in [5.74, 6) is -3.31. The number of nitrogens with zero attached hydrogens (tertiary/aromatic N) is 3. The molecule has 1 N–H and O–H groups in total. The van der Waals surface area contributed by atoms with Gasteiger partial charge < -0.3 is 9.63 Å². The van der Waals surface area contributed by atoms with Crippen LogP contribution in [-0.2, 0) is 24.1 Å². The third-order valence-corrected chi connectivity index (χ3v) is 7.75. The van der Waals surface area contributed by atoms with E-state index in [-0.39, 0.29) is 40.4 Å². The second-order valence-corrected chi connectivity index (χ2v) is 10.3. The van der Waals surface area contributed by atoms with E-state index >= 15 is 4.39 Å². The number of alkyl halides is 3. The molecule has 1 aliphatic carbocycles. The van der Waals surface area contributed by atoms with Crippen molar-refractivity contribution in [2.24, 2.45) is 5.92 Å². The van der Waals surface area contributed by atoms with Crippen LogP contribution in [0.1, 0.15) is 35.1 Å². The Hall–Kier alpha value is -4.12. The van der Waals surface area contributed by atoms with Gasteiger partial charge in [-0.1, -0.05) is 29.4 Å². The first kappa shape index (κ1) is 26.1. The van der Waals surface area contributed by atoms with Gasteiger partial charge in [0, 0.05) is 24.7 Å². The summed E-state index contributed by atoms with van der Waals surface area (Å²) in [5, 5.41) is 13.1. The molecule has 0 radical (unpaired) electrons. The van der Waals surface area contributed by atoms with Gasteiger partial charge in [-0.25, -0.2) is 8.78 Å². The fraction of sp³-hybridized carbons (Fsp3) is 0.276. The molecule has 2 heterocycles. The smallest absolute Gasteiger partial charge is 0.419 e. The quantitative estimate of drug-likeness (QED) is 0.271. The first-order valence-electron chi connectivity index (χ1n) is 12.6. The molecule has 0 bridgehead atoms. The molecule has 0 unspecified atom stereocenters. The monoisotopic (exact) mass is 555 g/mol. The van der Waals surface area contributed by atoms with Crippen molar-refractivity contribution in [3.63, 3.8) is 0 Å². The Morgan fingerprint density at radius 1 is 0.975 bits per heavy atom. The maximum atomic E-state index is 15.2. The van der Waals surface area contributed by atoms with Gasteiger partial charge in [0.2, 0.25) is 5.82 Å². The van der Waals surface area contributed by atoms with Gasteiger partial charge in [0.1, 0.15) is 11.6 Å². The molecule has 6 nitrogen and oxygen atoms in total. The van der Waals surface area contributed by atoms with Crippen molar-refractivity contribution in [1.82, 2.24) is 15.0 Å². The first-order chi connectivity index (χ1) is 19.0. The van der Waals surface area contributed by atoms with E-state index < -0.39 is 34.9 Å². The molecule has 6 rings (SSSR count). The van der Waals surface area contributed by atoms with Crippen molar-refractivity contribution in [3.05, 3.63) is 82.4 Å². The number of benzene rings is 3. The Morgan fingerprint density at radius 2 is 1.73 bits per heavy atom. The van der Waals surface area contributed by atoms with E-state index in [1.54, 1.807) is 0 Å². The number of halogens is 5. The van der Waals surface area contributed by atoms with E-state index in [1.165, 1.54) is 13.0 Å². The van der Waals surface area contributed by atoms with E-state index in [0.29, 0.717) is 31.0 Å². The fourth-order valence-electron chi connectivity index (χ4n) is 5.53. The Labute approximate surface area is 225 Å². The third kappa shape index (κ3) is 4.53. The lowest BCUT2D eigenvalue weighted by Gasteiger charge is -2.39. The number of aliphatic carboxylic acids is 1. The van der Waals surface area contributed by atoms with Crippen LogP contribution in [-0.4, -0.2) is 32.2 Å². The topological polar surface area (TPSA) is 79.5 Å². The molecule has 2 aliphatic rings. The second kappa shape index (κ2) is 9.51. The zero-order chi connectivity index (χ0) is 28.3. The molecule has 1 saturated carbocycles. The van der Waals surface area contributed by atoms with E-state index in [4.69, 9.17) is 9.63 Å². The Balaban J connectivity index is 1.25. The predicted octanol–water partition coefficient (Wildman–Crippen LogP) is 6.85. The zero-order valence-corrected chi connectivity index (χ0v) is 21.1. The highest BCUT2D eigenvalue weighted by molar-refractivity contribution is 5.75. The molecule has 0 atom stereocenters. The summed E-state index contributed by atoms with van der Waals surface area (Å²) in [7, 11) is 0. The summed E-state index contributed by atoms with van der Waals surface area (Å²) in [4.78, 5) is 17.7. The fourth-order valence-corrected chi connectivity index (χ4v) is 5.53. The summed E-state index contributed by atoms with van der Waals surface area (Å²) in [5.41, 5.74) is 0.992. The van der Waals surface area contributed by atoms with E-state index in [0.717, 1.165) is 35.9 Å². The lowest BCUT2D eigenvalue weighted by atomic mass is 9.79. The molecule has 1 aromatic heterocycles. The first-order valence-corrected chi connectivity index (χ1v) is 12.6. The lowest BCUT2D eigenvalue weighted by molar-refractivity contribution is -0.147. The van der Waals surface area contributed by atoms with Crippen LogP contribution in [0.3, 0.4) is 0 Å². The van der Waals surface area contributed by atoms with Gasteiger partial charge in [0.15, 0.2) is 0 Å². The van der Waals surface area contributed by atoms with Crippen LogP contribution < -0.4 is 0 Å². The predicted molar refractivity (Wildman–Crippen MR) is 134 cm³/mol. The van der Waals surface area contributed by atoms with Crippen LogP contribution in [0.4, 0.5) is 22.0 Å². The summed E-state index contributed by atoms with van der Waals surface area (Å²) < 4.78 is 75.3. The number of carbonyl (C=O) groups is 1. The molecule has 0 spiro atoms. The summed E-state index contributed by atoms with van der Waals surface area (Å²) >= 11 is 0. The maximum Gasteiger partial charge on any atom is 0.419 e. The molecular formula is C29H22F5N3O3. The standard InChI is InChI=1S/C29H22F5N3O3/c1-14-7-22(24(31)11-21(14)20-3-2-4-23(30)25(20)29(32,33)34)27-35-26(36-40-27)15-5-6-16-12-37(13-18(16)8-15)19-9-17(10-19)28(38)39/h2-8,11,17,19H,9-10,12-13H2,1H3,(H,38,39)/t17-,19-. The zero-order valence-electron chi connectivity index (χ0n) is 21.1. The van der Waals surface area contributed by atoms with Gasteiger partial charge in [-0.15, -0.1) is 0 Å². The van der Waals surface area contributed by atoms with Crippen molar-refractivity contribution < 1.29 is 36.4 Å². The normalized spacial score (nSPS) is 18.9. The summed E-state index contributed by atoms with van der Waals surface area (Å²) in [6, 6.07) is 11.1. The van der Waals surface area contributed by atoms with Gasteiger partial charge in [0.25, 0.3) is 5.89 Å². The molecule has 1 aliphatic heterocycles. The number of hydrogen-bond donors (Lipinski definition) is 1. The van der Waals surface area contributed by atoms with Crippen LogP contribution >= 0.6 is 0 Å². The molecule has 0 saturated heterocycles. The summed E-state index contributed by atoms with van der Waals surface area (Å²) in [6.45, 7) is 2.89. The van der Waals surface area contributed by atoms with Crippen molar-refractivity contribution in [3.8, 4) is 34.0 Å². The van der Waals surface area contributed by atoms with Gasteiger partial charge in [-0.05, 0) is 71.8 Å². The molecule has 11 heteroatoms. The number of aryl methyl sites for hydroxylation is 1. The summed E-state index contributed by atoms with van der Waals surface area (Å²) in [6.07, 6.45) is -3.70. The number of rotatable bonds is 5. The second-order valence-electron chi connectivity index (χ2n) is 10.3. The third-order valence-electron chi connectivity index (χ3n) is 7.75. The minimum absolute atomic E-state index is 0.0877. The average Bonchev–Trinajstić information content (AvgIpc) is 3.50. The van der Waals surface area contributed by atoms with Crippen LogP contribution in [0.25, 0.3) is 34.0 Å². The minimum Gasteiger partial charge on any atom is -0.481 e. The van der Waals surface area contributed by atoms with Crippen LogP contribution in [0.2, 0.25) is 0 Å². The number of fused-ring (bicyclic) bond motifs is 1. The molecule has 3 aromatic carbocycles. The Morgan fingerprint density at radius 3 is 2.45 bits per heavy atom. The van der Waals surface area contributed by atoms with Gasteiger partial charge in [0.05, 0.1) is 17.0 Å². The van der Waals surface area contributed by atoms with Crippen LogP contribution in [0.15, 0.2) is 53.1 Å². The van der Waals surface area contributed by atoms with Gasteiger partial charge >= 0.3 is 12.1 Å². The van der Waals surface area contributed by atoms with Crippen molar-refractivity contribution >= 4 is 5.97 Å². The molecule has 206 valence electrons. The molecular weight excluding hydrogens is 533 g/mol. The Kier molecular flexibility index (Phi) is 6.21. The minimum atomic E-state index is -4.96. The molecule has 4 aromatic rings.